The van der Waals surface area contributed by atoms with Crippen molar-refractivity contribution in [1.82, 2.24) is 15.0 Å². The maximum atomic E-state index is 10.4. The molecule has 0 fully saturated rings. The first kappa shape index (κ1) is 12.4. The number of carbonyl (C=O) groups is 1. The summed E-state index contributed by atoms with van der Waals surface area (Å²) < 4.78 is 2.61. The van der Waals surface area contributed by atoms with E-state index in [9.17, 15) is 4.79 Å². The summed E-state index contributed by atoms with van der Waals surface area (Å²) in [6.45, 7) is 2.52. The van der Waals surface area contributed by atoms with Gasteiger partial charge in [-0.15, -0.1) is 5.10 Å². The molecule has 0 saturated carbocycles. The van der Waals surface area contributed by atoms with E-state index in [2.05, 4.69) is 39.8 Å². The van der Waals surface area contributed by atoms with Crippen LogP contribution in [0.2, 0.25) is 0 Å². The van der Waals surface area contributed by atoms with Gasteiger partial charge in [-0.25, -0.2) is 4.68 Å². The quantitative estimate of drug-likeness (QED) is 0.809. The van der Waals surface area contributed by atoms with Crippen molar-refractivity contribution < 1.29 is 9.90 Å². The smallest absolute Gasteiger partial charge is 0.305 e. The highest BCUT2D eigenvalue weighted by Crippen LogP contribution is 2.12. The zero-order chi connectivity index (χ0) is 11.3. The molecule has 0 bridgehead atoms. The van der Waals surface area contributed by atoms with E-state index in [1.165, 1.54) is 0 Å². The van der Waals surface area contributed by atoms with E-state index >= 15 is 0 Å². The molecule has 0 amide bonds. The van der Waals surface area contributed by atoms with Gasteiger partial charge in [-0.05, 0) is 35.4 Å². The molecule has 15 heavy (non-hydrogen) atoms. The first-order chi connectivity index (χ1) is 7.15. The van der Waals surface area contributed by atoms with Crippen LogP contribution < -0.4 is 0 Å². The van der Waals surface area contributed by atoms with E-state index in [1.54, 1.807) is 4.68 Å². The summed E-state index contributed by atoms with van der Waals surface area (Å²) in [6, 6.07) is 0. The Morgan fingerprint density at radius 3 is 2.93 bits per heavy atom. The number of rotatable bonds is 6. The number of hydrogen-bond acceptors (Lipinski definition) is 3. The predicted molar refractivity (Wildman–Crippen MR) is 63.6 cm³/mol. The maximum Gasteiger partial charge on any atom is 0.305 e. The summed E-state index contributed by atoms with van der Waals surface area (Å²) in [5.74, 6) is -0.809. The fourth-order valence-corrected chi connectivity index (χ4v) is 1.89. The summed E-state index contributed by atoms with van der Waals surface area (Å²) >= 11 is 2.17. The molecule has 0 unspecified atom stereocenters. The van der Waals surface area contributed by atoms with Crippen molar-refractivity contribution in [3.8, 4) is 0 Å². The Kier molecular flexibility index (Phi) is 5.00. The topological polar surface area (TPSA) is 68.0 Å². The Bertz CT molecular complexity index is 338. The largest absolute Gasteiger partial charge is 0.481 e. The van der Waals surface area contributed by atoms with Gasteiger partial charge in [0.25, 0.3) is 0 Å². The number of aromatic nitrogens is 3. The lowest BCUT2D eigenvalue weighted by Crippen LogP contribution is -2.07. The Hall–Kier alpha value is -0.660. The van der Waals surface area contributed by atoms with Crippen LogP contribution in [0.4, 0.5) is 0 Å². The molecule has 1 N–H and O–H groups in total. The van der Waals surface area contributed by atoms with Gasteiger partial charge in [-0.1, -0.05) is 18.6 Å². The van der Waals surface area contributed by atoms with Crippen molar-refractivity contribution in [3.05, 3.63) is 9.39 Å². The fraction of sp³-hybridized carbons (Fsp3) is 0.667. The van der Waals surface area contributed by atoms with Gasteiger partial charge in [0.2, 0.25) is 0 Å². The Labute approximate surface area is 102 Å². The standard InChI is InChI=1S/C9H14IN3O2/c1-2-3-4-7-9(10)13(12-11-7)6-5-8(14)15/h2-6H2,1H3,(H,14,15). The number of carboxylic acids is 1. The third-order valence-corrected chi connectivity index (χ3v) is 3.22. The number of carboxylic acid groups (broad SMARTS) is 1. The molecule has 0 aromatic carbocycles. The summed E-state index contributed by atoms with van der Waals surface area (Å²) in [5.41, 5.74) is 0.975. The first-order valence-corrected chi connectivity index (χ1v) is 6.02. The monoisotopic (exact) mass is 323 g/mol. The first-order valence-electron chi connectivity index (χ1n) is 4.94. The van der Waals surface area contributed by atoms with Crippen LogP contribution in [-0.4, -0.2) is 26.1 Å². The Morgan fingerprint density at radius 1 is 1.60 bits per heavy atom. The van der Waals surface area contributed by atoms with Crippen LogP contribution in [0.1, 0.15) is 31.9 Å². The highest BCUT2D eigenvalue weighted by molar-refractivity contribution is 14.1. The SMILES string of the molecule is CCCCc1nnn(CCC(=O)O)c1I. The molecular formula is C9H14IN3O2. The molecule has 84 valence electrons. The van der Waals surface area contributed by atoms with Gasteiger partial charge in [0, 0.05) is 0 Å². The highest BCUT2D eigenvalue weighted by Gasteiger charge is 2.10. The number of aryl methyl sites for hydroxylation is 2. The molecule has 6 heteroatoms. The normalized spacial score (nSPS) is 10.5. The second-order valence-corrected chi connectivity index (χ2v) is 4.32. The van der Waals surface area contributed by atoms with Gasteiger partial charge in [0.15, 0.2) is 0 Å². The van der Waals surface area contributed by atoms with Crippen molar-refractivity contribution in [2.75, 3.05) is 0 Å². The van der Waals surface area contributed by atoms with Crippen molar-refractivity contribution in [1.29, 1.82) is 0 Å². The molecule has 0 spiro atoms. The second-order valence-electron chi connectivity index (χ2n) is 3.30. The minimum Gasteiger partial charge on any atom is -0.481 e. The third-order valence-electron chi connectivity index (χ3n) is 2.04. The van der Waals surface area contributed by atoms with Gasteiger partial charge in [-0.3, -0.25) is 4.79 Å². The van der Waals surface area contributed by atoms with E-state index in [4.69, 9.17) is 5.11 Å². The molecule has 0 atom stereocenters. The van der Waals surface area contributed by atoms with Crippen LogP contribution in [0.15, 0.2) is 0 Å². The van der Waals surface area contributed by atoms with Gasteiger partial charge in [0.05, 0.1) is 18.7 Å². The third kappa shape index (κ3) is 3.77. The number of unbranched alkanes of at least 4 members (excludes halogenated alkanes) is 1. The molecule has 1 rings (SSSR count). The molecule has 1 heterocycles. The molecule has 0 aliphatic carbocycles. The van der Waals surface area contributed by atoms with Gasteiger partial charge in [0.1, 0.15) is 3.70 Å². The minimum absolute atomic E-state index is 0.0899. The molecule has 1 aromatic rings. The average Bonchev–Trinajstić information content (AvgIpc) is 2.54. The van der Waals surface area contributed by atoms with Crippen LogP contribution >= 0.6 is 22.6 Å². The number of aliphatic carboxylic acids is 1. The lowest BCUT2D eigenvalue weighted by molar-refractivity contribution is -0.137. The minimum atomic E-state index is -0.809. The van der Waals surface area contributed by atoms with Crippen LogP contribution in [0.25, 0.3) is 0 Å². The predicted octanol–water partition coefficient (Wildman–Crippen LogP) is 1.70. The Balaban J connectivity index is 2.58. The summed E-state index contributed by atoms with van der Waals surface area (Å²) in [4.78, 5) is 10.4. The molecule has 0 aliphatic rings. The van der Waals surface area contributed by atoms with Crippen molar-refractivity contribution in [2.24, 2.45) is 0 Å². The molecule has 0 saturated heterocycles. The van der Waals surface area contributed by atoms with E-state index in [0.717, 1.165) is 28.7 Å². The molecular weight excluding hydrogens is 309 g/mol. The van der Waals surface area contributed by atoms with E-state index in [1.807, 2.05) is 0 Å². The van der Waals surface area contributed by atoms with Crippen molar-refractivity contribution in [2.45, 2.75) is 39.2 Å². The van der Waals surface area contributed by atoms with Gasteiger partial charge >= 0.3 is 5.97 Å². The zero-order valence-corrected chi connectivity index (χ0v) is 10.8. The second kappa shape index (κ2) is 6.04. The molecule has 0 radical (unpaired) electrons. The van der Waals surface area contributed by atoms with Crippen LogP contribution in [0, 0.1) is 3.70 Å². The van der Waals surface area contributed by atoms with E-state index < -0.39 is 5.97 Å². The van der Waals surface area contributed by atoms with Gasteiger partial charge in [-0.2, -0.15) is 0 Å². The van der Waals surface area contributed by atoms with Crippen LogP contribution in [0.3, 0.4) is 0 Å². The Morgan fingerprint density at radius 2 is 2.33 bits per heavy atom. The lowest BCUT2D eigenvalue weighted by Gasteiger charge is -1.99. The van der Waals surface area contributed by atoms with E-state index in [0.29, 0.717) is 6.54 Å². The van der Waals surface area contributed by atoms with E-state index in [-0.39, 0.29) is 6.42 Å². The molecule has 1 aromatic heterocycles. The lowest BCUT2D eigenvalue weighted by atomic mass is 10.2. The van der Waals surface area contributed by atoms with Crippen LogP contribution in [0.5, 0.6) is 0 Å². The molecule has 5 nitrogen and oxygen atoms in total. The van der Waals surface area contributed by atoms with Crippen molar-refractivity contribution in [3.63, 3.8) is 0 Å². The fourth-order valence-electron chi connectivity index (χ4n) is 1.18. The zero-order valence-electron chi connectivity index (χ0n) is 8.61. The summed E-state index contributed by atoms with van der Waals surface area (Å²) in [6.07, 6.45) is 3.22. The average molecular weight is 323 g/mol. The van der Waals surface area contributed by atoms with Gasteiger partial charge < -0.3 is 5.11 Å². The summed E-state index contributed by atoms with van der Waals surface area (Å²) in [7, 11) is 0. The van der Waals surface area contributed by atoms with Crippen LogP contribution in [-0.2, 0) is 17.8 Å². The number of nitrogens with zero attached hydrogens (tertiary/aromatic N) is 3. The molecule has 0 aliphatic heterocycles. The number of halogens is 1. The maximum absolute atomic E-state index is 10.4. The highest BCUT2D eigenvalue weighted by atomic mass is 127. The number of hydrogen-bond donors (Lipinski definition) is 1. The van der Waals surface area contributed by atoms with Crippen molar-refractivity contribution >= 4 is 28.6 Å². The summed E-state index contributed by atoms with van der Waals surface area (Å²) in [5, 5.41) is 16.5.